The molecule has 3 atom stereocenters. The van der Waals surface area contributed by atoms with Gasteiger partial charge in [-0.1, -0.05) is 48.0 Å². The number of morpholine rings is 1. The van der Waals surface area contributed by atoms with Crippen molar-refractivity contribution in [3.05, 3.63) is 70.2 Å². The molecule has 2 aromatic rings. The van der Waals surface area contributed by atoms with E-state index in [0.29, 0.717) is 19.1 Å². The van der Waals surface area contributed by atoms with Gasteiger partial charge >= 0.3 is 0 Å². The summed E-state index contributed by atoms with van der Waals surface area (Å²) in [6.45, 7) is 4.50. The number of fused-ring (bicyclic) bond motifs is 1. The van der Waals surface area contributed by atoms with Gasteiger partial charge < -0.3 is 10.1 Å². The van der Waals surface area contributed by atoms with Crippen LogP contribution in [0.25, 0.3) is 0 Å². The van der Waals surface area contributed by atoms with Gasteiger partial charge in [-0.25, -0.2) is 0 Å². The van der Waals surface area contributed by atoms with Gasteiger partial charge in [0.2, 0.25) is 5.91 Å². The summed E-state index contributed by atoms with van der Waals surface area (Å²) in [6, 6.07) is 16.5. The van der Waals surface area contributed by atoms with Crippen molar-refractivity contribution >= 4 is 17.5 Å². The molecule has 0 aliphatic carbocycles. The summed E-state index contributed by atoms with van der Waals surface area (Å²) in [6.07, 6.45) is 1.46. The highest BCUT2D eigenvalue weighted by molar-refractivity contribution is 6.30. The highest BCUT2D eigenvalue weighted by atomic mass is 35.5. The van der Waals surface area contributed by atoms with Crippen LogP contribution in [0.2, 0.25) is 5.02 Å². The van der Waals surface area contributed by atoms with Crippen LogP contribution in [0.4, 0.5) is 0 Å². The Labute approximate surface area is 165 Å². The van der Waals surface area contributed by atoms with Crippen LogP contribution in [-0.4, -0.2) is 42.6 Å². The van der Waals surface area contributed by atoms with Crippen LogP contribution in [0.15, 0.2) is 48.5 Å². The molecule has 1 amide bonds. The second-order valence-corrected chi connectivity index (χ2v) is 8.02. The summed E-state index contributed by atoms with van der Waals surface area (Å²) in [5.74, 6) is 0.101. The number of amides is 1. The molecule has 0 unspecified atom stereocenters. The van der Waals surface area contributed by atoms with Crippen molar-refractivity contribution in [1.29, 1.82) is 0 Å². The SMILES string of the molecule is Cc1ccccc1CC(=O)N[C@@H]1C[C@H]2CO[C@@H](c3ccc(Cl)cc3)CN2C1. The molecule has 1 N–H and O–H groups in total. The van der Waals surface area contributed by atoms with Crippen molar-refractivity contribution in [2.24, 2.45) is 0 Å². The van der Waals surface area contributed by atoms with E-state index in [0.717, 1.165) is 41.2 Å². The molecule has 2 fully saturated rings. The van der Waals surface area contributed by atoms with Gasteiger partial charge in [0, 0.05) is 30.2 Å². The topological polar surface area (TPSA) is 41.6 Å². The maximum Gasteiger partial charge on any atom is 0.224 e. The number of nitrogens with zero attached hydrogens (tertiary/aromatic N) is 1. The molecule has 2 aromatic carbocycles. The predicted molar refractivity (Wildman–Crippen MR) is 107 cm³/mol. The number of hydrogen-bond donors (Lipinski definition) is 1. The molecule has 4 nitrogen and oxygen atoms in total. The Morgan fingerprint density at radius 2 is 1.96 bits per heavy atom. The third-order valence-electron chi connectivity index (χ3n) is 5.64. The number of ether oxygens (including phenoxy) is 1. The standard InChI is InChI=1S/C22H25ClN2O2/c1-15-4-2-3-5-17(15)10-22(26)24-19-11-20-14-27-21(13-25(20)12-19)16-6-8-18(23)9-7-16/h2-9,19-21H,10-14H2,1H3,(H,24,26)/t19-,20+,21-/m1/s1. The van der Waals surface area contributed by atoms with Crippen LogP contribution in [0.3, 0.4) is 0 Å². The largest absolute Gasteiger partial charge is 0.371 e. The second-order valence-electron chi connectivity index (χ2n) is 7.58. The summed E-state index contributed by atoms with van der Waals surface area (Å²) in [7, 11) is 0. The van der Waals surface area contributed by atoms with E-state index >= 15 is 0 Å². The van der Waals surface area contributed by atoms with Gasteiger partial charge in [-0.3, -0.25) is 9.69 Å². The fourth-order valence-corrected chi connectivity index (χ4v) is 4.24. The highest BCUT2D eigenvalue weighted by Crippen LogP contribution is 2.30. The Hall–Kier alpha value is -1.88. The smallest absolute Gasteiger partial charge is 0.224 e. The molecule has 2 aliphatic rings. The average molecular weight is 385 g/mol. The van der Waals surface area contributed by atoms with E-state index in [1.165, 1.54) is 0 Å². The average Bonchev–Trinajstić information content (AvgIpc) is 3.05. The van der Waals surface area contributed by atoms with Crippen LogP contribution in [-0.2, 0) is 16.0 Å². The van der Waals surface area contributed by atoms with Crippen molar-refractivity contribution < 1.29 is 9.53 Å². The normalized spacial score (nSPS) is 25.2. The molecule has 4 rings (SSSR count). The van der Waals surface area contributed by atoms with Gasteiger partial charge in [0.25, 0.3) is 0 Å². The number of rotatable bonds is 4. The van der Waals surface area contributed by atoms with E-state index in [4.69, 9.17) is 16.3 Å². The molecule has 0 aromatic heterocycles. The third-order valence-corrected chi connectivity index (χ3v) is 5.89. The number of nitrogens with one attached hydrogen (secondary N) is 1. The van der Waals surface area contributed by atoms with Crippen molar-refractivity contribution in [1.82, 2.24) is 10.2 Å². The van der Waals surface area contributed by atoms with Crippen LogP contribution in [0.5, 0.6) is 0 Å². The third kappa shape index (κ3) is 4.34. The Balaban J connectivity index is 1.32. The molecule has 0 bridgehead atoms. The molecular weight excluding hydrogens is 360 g/mol. The number of halogens is 1. The van der Waals surface area contributed by atoms with Gasteiger partial charge in [-0.05, 0) is 42.2 Å². The lowest BCUT2D eigenvalue weighted by Crippen LogP contribution is -2.43. The lowest BCUT2D eigenvalue weighted by atomic mass is 10.1. The summed E-state index contributed by atoms with van der Waals surface area (Å²) < 4.78 is 6.09. The van der Waals surface area contributed by atoms with E-state index in [-0.39, 0.29) is 18.1 Å². The minimum Gasteiger partial charge on any atom is -0.371 e. The summed E-state index contributed by atoms with van der Waals surface area (Å²) in [5.41, 5.74) is 3.41. The molecule has 2 aliphatic heterocycles. The Kier molecular flexibility index (Phi) is 5.48. The monoisotopic (exact) mass is 384 g/mol. The minimum atomic E-state index is 0.0694. The van der Waals surface area contributed by atoms with Crippen LogP contribution < -0.4 is 5.32 Å². The summed E-state index contributed by atoms with van der Waals surface area (Å²) in [5, 5.41) is 3.96. The van der Waals surface area contributed by atoms with Gasteiger partial charge in [0.1, 0.15) is 0 Å². The molecule has 5 heteroatoms. The molecule has 0 radical (unpaired) electrons. The molecule has 2 saturated heterocycles. The lowest BCUT2D eigenvalue weighted by Gasteiger charge is -2.35. The first-order valence-electron chi connectivity index (χ1n) is 9.53. The summed E-state index contributed by atoms with van der Waals surface area (Å²) >= 11 is 5.98. The first kappa shape index (κ1) is 18.5. The first-order valence-corrected chi connectivity index (χ1v) is 9.91. The van der Waals surface area contributed by atoms with E-state index in [1.807, 2.05) is 55.5 Å². The van der Waals surface area contributed by atoms with E-state index < -0.39 is 0 Å². The zero-order valence-corrected chi connectivity index (χ0v) is 16.3. The Morgan fingerprint density at radius 1 is 1.19 bits per heavy atom. The fourth-order valence-electron chi connectivity index (χ4n) is 4.12. The number of hydrogen-bond acceptors (Lipinski definition) is 3. The van der Waals surface area contributed by atoms with Crippen molar-refractivity contribution in [2.45, 2.75) is 38.0 Å². The van der Waals surface area contributed by atoms with E-state index in [1.54, 1.807) is 0 Å². The molecule has 142 valence electrons. The first-order chi connectivity index (χ1) is 13.1. The number of carbonyl (C=O) groups is 1. The molecular formula is C22H25ClN2O2. The zero-order valence-electron chi connectivity index (χ0n) is 15.5. The maximum atomic E-state index is 12.5. The van der Waals surface area contributed by atoms with Gasteiger partial charge in [0.05, 0.1) is 19.1 Å². The Bertz CT molecular complexity index is 808. The van der Waals surface area contributed by atoms with Crippen molar-refractivity contribution in [3.8, 4) is 0 Å². The summed E-state index contributed by atoms with van der Waals surface area (Å²) in [4.78, 5) is 14.9. The molecule has 0 saturated carbocycles. The molecule has 27 heavy (non-hydrogen) atoms. The number of benzene rings is 2. The minimum absolute atomic E-state index is 0.0694. The van der Waals surface area contributed by atoms with E-state index in [9.17, 15) is 4.79 Å². The van der Waals surface area contributed by atoms with Crippen LogP contribution >= 0.6 is 11.6 Å². The van der Waals surface area contributed by atoms with Gasteiger partial charge in [-0.15, -0.1) is 0 Å². The van der Waals surface area contributed by atoms with Crippen LogP contribution in [0.1, 0.15) is 29.2 Å². The number of aryl methyl sites for hydroxylation is 1. The quantitative estimate of drug-likeness (QED) is 0.876. The second kappa shape index (κ2) is 8.01. The molecule has 0 spiro atoms. The number of carbonyl (C=O) groups excluding carboxylic acids is 1. The highest BCUT2D eigenvalue weighted by Gasteiger charge is 2.38. The maximum absolute atomic E-state index is 12.5. The Morgan fingerprint density at radius 3 is 2.74 bits per heavy atom. The fraction of sp³-hybridized carbons (Fsp3) is 0.409. The van der Waals surface area contributed by atoms with E-state index in [2.05, 4.69) is 10.2 Å². The van der Waals surface area contributed by atoms with Gasteiger partial charge in [-0.2, -0.15) is 0 Å². The van der Waals surface area contributed by atoms with Crippen molar-refractivity contribution in [2.75, 3.05) is 19.7 Å². The zero-order chi connectivity index (χ0) is 18.8. The van der Waals surface area contributed by atoms with Gasteiger partial charge in [0.15, 0.2) is 0 Å². The molecule has 2 heterocycles. The predicted octanol–water partition coefficient (Wildman–Crippen LogP) is 3.52. The lowest BCUT2D eigenvalue weighted by molar-refractivity contribution is -0.121. The van der Waals surface area contributed by atoms with Crippen molar-refractivity contribution in [3.63, 3.8) is 0 Å². The van der Waals surface area contributed by atoms with Crippen LogP contribution in [0, 0.1) is 6.92 Å².